The van der Waals surface area contributed by atoms with E-state index in [4.69, 9.17) is 5.11 Å². The SMILES string of the molecule is Cc1cc(/C=C/C(=O)O)cc(NS(=O)(=O)C2CC2)c1. The van der Waals surface area contributed by atoms with Crippen molar-refractivity contribution < 1.29 is 18.3 Å². The number of carbonyl (C=O) groups is 1. The number of nitrogens with one attached hydrogen (secondary N) is 1. The van der Waals surface area contributed by atoms with Gasteiger partial charge < -0.3 is 5.11 Å². The minimum atomic E-state index is -3.30. The van der Waals surface area contributed by atoms with Crippen LogP contribution < -0.4 is 4.72 Å². The van der Waals surface area contributed by atoms with E-state index in [1.807, 2.05) is 6.92 Å². The van der Waals surface area contributed by atoms with Crippen LogP contribution in [0.2, 0.25) is 0 Å². The van der Waals surface area contributed by atoms with E-state index in [1.54, 1.807) is 18.2 Å². The Morgan fingerprint density at radius 2 is 2.05 bits per heavy atom. The summed E-state index contributed by atoms with van der Waals surface area (Å²) < 4.78 is 26.2. The lowest BCUT2D eigenvalue weighted by atomic mass is 10.1. The molecule has 0 radical (unpaired) electrons. The van der Waals surface area contributed by atoms with Gasteiger partial charge in [-0.05, 0) is 49.1 Å². The maximum Gasteiger partial charge on any atom is 0.328 e. The average Bonchev–Trinajstić information content (AvgIpc) is 3.08. The van der Waals surface area contributed by atoms with Gasteiger partial charge in [-0.2, -0.15) is 0 Å². The summed E-state index contributed by atoms with van der Waals surface area (Å²) in [5.74, 6) is -1.04. The van der Waals surface area contributed by atoms with E-state index in [1.165, 1.54) is 6.08 Å². The highest BCUT2D eigenvalue weighted by molar-refractivity contribution is 7.93. The molecule has 2 rings (SSSR count). The van der Waals surface area contributed by atoms with Gasteiger partial charge in [-0.15, -0.1) is 0 Å². The first-order chi connectivity index (χ1) is 8.87. The molecule has 2 N–H and O–H groups in total. The van der Waals surface area contributed by atoms with Gasteiger partial charge in [0.05, 0.1) is 5.25 Å². The summed E-state index contributed by atoms with van der Waals surface area (Å²) in [5, 5.41) is 8.30. The van der Waals surface area contributed by atoms with Gasteiger partial charge in [0.2, 0.25) is 10.0 Å². The Hall–Kier alpha value is -1.82. The molecule has 0 heterocycles. The molecule has 6 heteroatoms. The molecule has 102 valence electrons. The summed E-state index contributed by atoms with van der Waals surface area (Å²) in [4.78, 5) is 10.5. The molecule has 0 amide bonds. The fourth-order valence-corrected chi connectivity index (χ4v) is 3.13. The van der Waals surface area contributed by atoms with E-state index in [0.29, 0.717) is 24.1 Å². The second kappa shape index (κ2) is 5.05. The largest absolute Gasteiger partial charge is 0.478 e. The Kier molecular flexibility index (Phi) is 3.61. The number of hydrogen-bond acceptors (Lipinski definition) is 3. The first kappa shape index (κ1) is 13.6. The zero-order valence-electron chi connectivity index (χ0n) is 10.5. The van der Waals surface area contributed by atoms with Gasteiger partial charge in [-0.1, -0.05) is 6.07 Å². The molecular weight excluding hydrogens is 266 g/mol. The number of carboxylic acid groups (broad SMARTS) is 1. The van der Waals surface area contributed by atoms with Crippen molar-refractivity contribution in [2.75, 3.05) is 4.72 Å². The van der Waals surface area contributed by atoms with Gasteiger partial charge in [-0.25, -0.2) is 13.2 Å². The summed E-state index contributed by atoms with van der Waals surface area (Å²) in [6.45, 7) is 1.83. The molecule has 1 saturated carbocycles. The monoisotopic (exact) mass is 281 g/mol. The van der Waals surface area contributed by atoms with Gasteiger partial charge in [0, 0.05) is 11.8 Å². The van der Waals surface area contributed by atoms with Crippen LogP contribution in [-0.4, -0.2) is 24.7 Å². The van der Waals surface area contributed by atoms with Gasteiger partial charge in [0.25, 0.3) is 0 Å². The zero-order valence-corrected chi connectivity index (χ0v) is 11.3. The third-order valence-corrected chi connectivity index (χ3v) is 4.61. The van der Waals surface area contributed by atoms with Crippen molar-refractivity contribution in [2.24, 2.45) is 0 Å². The molecule has 0 spiro atoms. The second-order valence-corrected chi connectivity index (χ2v) is 6.61. The highest BCUT2D eigenvalue weighted by Crippen LogP contribution is 2.30. The van der Waals surface area contributed by atoms with Gasteiger partial charge in [0.1, 0.15) is 0 Å². The third-order valence-electron chi connectivity index (χ3n) is 2.74. The van der Waals surface area contributed by atoms with E-state index in [-0.39, 0.29) is 5.25 Å². The molecular formula is C13H15NO4S. The van der Waals surface area contributed by atoms with Crippen LogP contribution >= 0.6 is 0 Å². The third kappa shape index (κ3) is 3.82. The Morgan fingerprint density at radius 1 is 1.37 bits per heavy atom. The fourth-order valence-electron chi connectivity index (χ4n) is 1.76. The zero-order chi connectivity index (χ0) is 14.0. The Bertz CT molecular complexity index is 630. The topological polar surface area (TPSA) is 83.5 Å². The van der Waals surface area contributed by atoms with Crippen LogP contribution in [0.25, 0.3) is 6.08 Å². The van der Waals surface area contributed by atoms with Crippen LogP contribution in [0.5, 0.6) is 0 Å². The number of rotatable bonds is 5. The van der Waals surface area contributed by atoms with E-state index in [0.717, 1.165) is 11.6 Å². The Morgan fingerprint density at radius 3 is 2.63 bits per heavy atom. The van der Waals surface area contributed by atoms with E-state index < -0.39 is 16.0 Å². The molecule has 0 bridgehead atoms. The smallest absolute Gasteiger partial charge is 0.328 e. The highest BCUT2D eigenvalue weighted by atomic mass is 32.2. The van der Waals surface area contributed by atoms with Crippen LogP contribution in [0, 0.1) is 6.92 Å². The molecule has 1 fully saturated rings. The quantitative estimate of drug-likeness (QED) is 0.808. The molecule has 0 unspecified atom stereocenters. The fraction of sp³-hybridized carbons (Fsp3) is 0.308. The van der Waals surface area contributed by atoms with Crippen LogP contribution in [0.1, 0.15) is 24.0 Å². The normalized spacial score (nSPS) is 15.6. The standard InChI is InChI=1S/C13H15NO4S/c1-9-6-10(2-5-13(15)16)8-11(7-9)14-19(17,18)12-3-4-12/h2,5-8,12,14H,3-4H2,1H3,(H,15,16)/b5-2+. The maximum absolute atomic E-state index is 11.8. The Balaban J connectivity index is 2.23. The maximum atomic E-state index is 11.8. The molecule has 1 aromatic carbocycles. The minimum Gasteiger partial charge on any atom is -0.478 e. The van der Waals surface area contributed by atoms with Gasteiger partial charge in [0.15, 0.2) is 0 Å². The molecule has 0 saturated heterocycles. The number of benzene rings is 1. The minimum absolute atomic E-state index is 0.286. The Labute approximate surface area is 112 Å². The highest BCUT2D eigenvalue weighted by Gasteiger charge is 2.35. The van der Waals surface area contributed by atoms with Gasteiger partial charge >= 0.3 is 5.97 Å². The summed E-state index contributed by atoms with van der Waals surface area (Å²) in [6, 6.07) is 5.12. The van der Waals surface area contributed by atoms with Crippen LogP contribution in [-0.2, 0) is 14.8 Å². The lowest BCUT2D eigenvalue weighted by Crippen LogP contribution is -2.17. The number of aliphatic carboxylic acids is 1. The molecule has 0 aliphatic heterocycles. The number of hydrogen-bond donors (Lipinski definition) is 2. The van der Waals surface area contributed by atoms with Gasteiger partial charge in [-0.3, -0.25) is 4.72 Å². The van der Waals surface area contributed by atoms with E-state index >= 15 is 0 Å². The molecule has 1 aromatic rings. The average molecular weight is 281 g/mol. The van der Waals surface area contributed by atoms with Crippen LogP contribution in [0.4, 0.5) is 5.69 Å². The molecule has 5 nitrogen and oxygen atoms in total. The predicted molar refractivity (Wildman–Crippen MR) is 73.4 cm³/mol. The first-order valence-corrected chi connectivity index (χ1v) is 7.46. The molecule has 19 heavy (non-hydrogen) atoms. The summed E-state index contributed by atoms with van der Waals surface area (Å²) >= 11 is 0. The van der Waals surface area contributed by atoms with Crippen molar-refractivity contribution in [2.45, 2.75) is 25.0 Å². The van der Waals surface area contributed by atoms with E-state index in [9.17, 15) is 13.2 Å². The number of sulfonamides is 1. The van der Waals surface area contributed by atoms with Crippen LogP contribution in [0.15, 0.2) is 24.3 Å². The van der Waals surface area contributed by atoms with Crippen LogP contribution in [0.3, 0.4) is 0 Å². The number of aryl methyl sites for hydroxylation is 1. The molecule has 0 aromatic heterocycles. The molecule has 1 aliphatic carbocycles. The summed E-state index contributed by atoms with van der Waals surface area (Å²) in [7, 11) is -3.30. The predicted octanol–water partition coefficient (Wildman–Crippen LogP) is 2.00. The van der Waals surface area contributed by atoms with Crippen molar-refractivity contribution in [3.63, 3.8) is 0 Å². The molecule has 0 atom stereocenters. The summed E-state index contributed by atoms with van der Waals surface area (Å²) in [6.07, 6.45) is 3.86. The van der Waals surface area contributed by atoms with Crippen molar-refractivity contribution >= 4 is 27.8 Å². The van der Waals surface area contributed by atoms with Crippen molar-refractivity contribution in [1.82, 2.24) is 0 Å². The lowest BCUT2D eigenvalue weighted by molar-refractivity contribution is -0.131. The lowest BCUT2D eigenvalue weighted by Gasteiger charge is -2.09. The summed E-state index contributed by atoms with van der Waals surface area (Å²) in [5.41, 5.74) is 1.98. The van der Waals surface area contributed by atoms with Crippen molar-refractivity contribution in [3.8, 4) is 0 Å². The van der Waals surface area contributed by atoms with E-state index in [2.05, 4.69) is 4.72 Å². The van der Waals surface area contributed by atoms with Crippen molar-refractivity contribution in [3.05, 3.63) is 35.4 Å². The number of carboxylic acids is 1. The number of anilines is 1. The molecule has 1 aliphatic rings. The first-order valence-electron chi connectivity index (χ1n) is 5.91. The van der Waals surface area contributed by atoms with Crippen molar-refractivity contribution in [1.29, 1.82) is 0 Å². The second-order valence-electron chi connectivity index (χ2n) is 4.65.